The quantitative estimate of drug-likeness (QED) is 0.596. The highest BCUT2D eigenvalue weighted by atomic mass is 16.5. The van der Waals surface area contributed by atoms with E-state index >= 15 is 0 Å². The number of hydrogen-bond donors (Lipinski definition) is 2. The summed E-state index contributed by atoms with van der Waals surface area (Å²) in [6.45, 7) is 1.89. The van der Waals surface area contributed by atoms with Crippen molar-refractivity contribution < 1.29 is 19.1 Å². The smallest absolute Gasteiger partial charge is 0.338 e. The predicted molar refractivity (Wildman–Crippen MR) is 63.5 cm³/mol. The summed E-state index contributed by atoms with van der Waals surface area (Å²) in [6, 6.07) is 2.18. The molecule has 1 unspecified atom stereocenters. The van der Waals surface area contributed by atoms with Crippen LogP contribution in [0.5, 0.6) is 5.88 Å². The van der Waals surface area contributed by atoms with E-state index in [2.05, 4.69) is 15.6 Å². The predicted octanol–water partition coefficient (Wildman–Crippen LogP) is 0.386. The largest absolute Gasteiger partial charge is 0.481 e. The van der Waals surface area contributed by atoms with Crippen molar-refractivity contribution in [3.8, 4) is 5.88 Å². The number of rotatable bonds is 3. The second kappa shape index (κ2) is 4.91. The second-order valence-electron chi connectivity index (χ2n) is 3.57. The first-order valence-electron chi connectivity index (χ1n) is 5.44. The van der Waals surface area contributed by atoms with E-state index in [4.69, 9.17) is 9.47 Å². The van der Waals surface area contributed by atoms with Crippen molar-refractivity contribution in [3.63, 3.8) is 0 Å². The van der Waals surface area contributed by atoms with Gasteiger partial charge in [0.15, 0.2) is 5.82 Å². The van der Waals surface area contributed by atoms with Crippen LogP contribution in [-0.2, 0) is 14.3 Å². The van der Waals surface area contributed by atoms with Crippen molar-refractivity contribution in [2.24, 2.45) is 0 Å². The number of nitrogens with one attached hydrogen (secondary N) is 2. The molecule has 0 spiro atoms. The minimum atomic E-state index is -1.09. The van der Waals surface area contributed by atoms with Gasteiger partial charge in [0.25, 0.3) is 5.91 Å². The first kappa shape index (κ1) is 12.2. The molecule has 0 saturated carbocycles. The van der Waals surface area contributed by atoms with Gasteiger partial charge in [-0.05, 0) is 13.0 Å². The zero-order valence-corrected chi connectivity index (χ0v) is 10.0. The molecule has 2 N–H and O–H groups in total. The Morgan fingerprint density at radius 3 is 2.94 bits per heavy atom. The highest BCUT2D eigenvalue weighted by Crippen LogP contribution is 2.27. The molecule has 1 atom stereocenters. The van der Waals surface area contributed by atoms with Gasteiger partial charge >= 0.3 is 5.97 Å². The van der Waals surface area contributed by atoms with Gasteiger partial charge in [-0.25, -0.2) is 4.79 Å². The SMILES string of the molecule is CCOC(=O)C1Nc2nc(OC)ccc2NC1=O. The zero-order valence-electron chi connectivity index (χ0n) is 10.0. The maximum atomic E-state index is 11.7. The lowest BCUT2D eigenvalue weighted by atomic mass is 10.2. The van der Waals surface area contributed by atoms with Crippen LogP contribution in [0.25, 0.3) is 0 Å². The standard InChI is InChI=1S/C11H13N3O4/c1-3-18-11(16)8-10(15)12-6-4-5-7(17-2)13-9(6)14-8/h4-5,8H,3H2,1-2H3,(H,12,15)(H,13,14). The number of carbonyl (C=O) groups is 2. The molecule has 1 aromatic rings. The summed E-state index contributed by atoms with van der Waals surface area (Å²) in [4.78, 5) is 27.4. The van der Waals surface area contributed by atoms with Crippen LogP contribution in [-0.4, -0.2) is 36.6 Å². The Bertz CT molecular complexity index is 489. The van der Waals surface area contributed by atoms with Gasteiger partial charge in [-0.3, -0.25) is 4.79 Å². The fourth-order valence-corrected chi connectivity index (χ4v) is 1.56. The number of amides is 1. The summed E-state index contributed by atoms with van der Waals surface area (Å²) >= 11 is 0. The van der Waals surface area contributed by atoms with Crippen molar-refractivity contribution in [2.45, 2.75) is 13.0 Å². The minimum absolute atomic E-state index is 0.211. The van der Waals surface area contributed by atoms with E-state index in [-0.39, 0.29) is 6.61 Å². The van der Waals surface area contributed by atoms with E-state index in [9.17, 15) is 9.59 Å². The summed E-state index contributed by atoms with van der Waals surface area (Å²) in [5.74, 6) is -0.329. The van der Waals surface area contributed by atoms with Crippen LogP contribution in [0.2, 0.25) is 0 Å². The highest BCUT2D eigenvalue weighted by Gasteiger charge is 2.33. The number of pyridine rings is 1. The third kappa shape index (κ3) is 2.20. The molecule has 1 aromatic heterocycles. The third-order valence-corrected chi connectivity index (χ3v) is 2.40. The first-order chi connectivity index (χ1) is 8.65. The van der Waals surface area contributed by atoms with Crippen LogP contribution in [0.3, 0.4) is 0 Å². The van der Waals surface area contributed by atoms with Gasteiger partial charge in [0.1, 0.15) is 0 Å². The van der Waals surface area contributed by atoms with Crippen LogP contribution in [0.15, 0.2) is 12.1 Å². The van der Waals surface area contributed by atoms with Crippen molar-refractivity contribution in [1.29, 1.82) is 0 Å². The second-order valence-corrected chi connectivity index (χ2v) is 3.57. The number of ether oxygens (including phenoxy) is 2. The number of nitrogens with zero attached hydrogens (tertiary/aromatic N) is 1. The lowest BCUT2D eigenvalue weighted by Crippen LogP contribution is -2.45. The maximum Gasteiger partial charge on any atom is 0.338 e. The number of hydrogen-bond acceptors (Lipinski definition) is 6. The fraction of sp³-hybridized carbons (Fsp3) is 0.364. The summed E-state index contributed by atoms with van der Waals surface area (Å²) in [7, 11) is 1.49. The van der Waals surface area contributed by atoms with Crippen LogP contribution in [0, 0.1) is 0 Å². The Hall–Kier alpha value is -2.31. The fourth-order valence-electron chi connectivity index (χ4n) is 1.56. The Balaban J connectivity index is 2.25. The zero-order chi connectivity index (χ0) is 13.1. The molecule has 7 nitrogen and oxygen atoms in total. The summed E-state index contributed by atoms with van der Waals surface area (Å²) in [6.07, 6.45) is 0. The molecule has 1 aliphatic rings. The third-order valence-electron chi connectivity index (χ3n) is 2.40. The maximum absolute atomic E-state index is 11.7. The lowest BCUT2D eigenvalue weighted by molar-refractivity contribution is -0.146. The number of aromatic nitrogens is 1. The number of methoxy groups -OCH3 is 1. The highest BCUT2D eigenvalue weighted by molar-refractivity contribution is 6.13. The molecule has 2 rings (SSSR count). The van der Waals surface area contributed by atoms with Crippen molar-refractivity contribution in [3.05, 3.63) is 12.1 Å². The van der Waals surface area contributed by atoms with E-state index in [0.717, 1.165) is 0 Å². The van der Waals surface area contributed by atoms with E-state index < -0.39 is 17.9 Å². The van der Waals surface area contributed by atoms with E-state index in [0.29, 0.717) is 17.4 Å². The average Bonchev–Trinajstić information content (AvgIpc) is 2.37. The molecule has 0 bridgehead atoms. The number of anilines is 2. The molecule has 96 valence electrons. The summed E-state index contributed by atoms with van der Waals surface area (Å²) < 4.78 is 9.77. The van der Waals surface area contributed by atoms with Crippen LogP contribution in [0.4, 0.5) is 11.5 Å². The van der Waals surface area contributed by atoms with Gasteiger partial charge in [0.2, 0.25) is 11.9 Å². The van der Waals surface area contributed by atoms with Gasteiger partial charge < -0.3 is 20.1 Å². The number of esters is 1. The molecule has 7 heteroatoms. The first-order valence-corrected chi connectivity index (χ1v) is 5.44. The average molecular weight is 251 g/mol. The van der Waals surface area contributed by atoms with Gasteiger partial charge in [-0.2, -0.15) is 4.98 Å². The summed E-state index contributed by atoms with van der Waals surface area (Å²) in [5.41, 5.74) is 0.501. The molecule has 0 radical (unpaired) electrons. The lowest BCUT2D eigenvalue weighted by Gasteiger charge is -2.24. The Morgan fingerprint density at radius 1 is 1.50 bits per heavy atom. The minimum Gasteiger partial charge on any atom is -0.481 e. The Labute approximate surface area is 103 Å². The van der Waals surface area contributed by atoms with Crippen molar-refractivity contribution in [2.75, 3.05) is 24.4 Å². The Kier molecular flexibility index (Phi) is 3.31. The molecule has 0 aromatic carbocycles. The molecular formula is C11H13N3O4. The van der Waals surface area contributed by atoms with Crippen LogP contribution in [0.1, 0.15) is 6.92 Å². The summed E-state index contributed by atoms with van der Waals surface area (Å²) in [5, 5.41) is 5.31. The van der Waals surface area contributed by atoms with E-state index in [1.54, 1.807) is 19.1 Å². The van der Waals surface area contributed by atoms with Gasteiger partial charge in [0, 0.05) is 6.07 Å². The van der Waals surface area contributed by atoms with Crippen molar-refractivity contribution in [1.82, 2.24) is 4.98 Å². The van der Waals surface area contributed by atoms with Gasteiger partial charge in [-0.15, -0.1) is 0 Å². The van der Waals surface area contributed by atoms with E-state index in [1.165, 1.54) is 7.11 Å². The van der Waals surface area contributed by atoms with Gasteiger partial charge in [0.05, 0.1) is 19.4 Å². The molecule has 1 aliphatic heterocycles. The molecule has 18 heavy (non-hydrogen) atoms. The van der Waals surface area contributed by atoms with Crippen molar-refractivity contribution >= 4 is 23.4 Å². The molecule has 0 fully saturated rings. The molecular weight excluding hydrogens is 238 g/mol. The molecule has 0 aliphatic carbocycles. The van der Waals surface area contributed by atoms with Crippen LogP contribution < -0.4 is 15.4 Å². The number of carbonyl (C=O) groups excluding carboxylic acids is 2. The van der Waals surface area contributed by atoms with Gasteiger partial charge in [-0.1, -0.05) is 0 Å². The topological polar surface area (TPSA) is 89.6 Å². The Morgan fingerprint density at radius 2 is 2.28 bits per heavy atom. The monoisotopic (exact) mass is 251 g/mol. The van der Waals surface area contributed by atoms with E-state index in [1.807, 2.05) is 0 Å². The molecule has 0 saturated heterocycles. The normalized spacial score (nSPS) is 17.2. The molecule has 2 heterocycles. The number of fused-ring (bicyclic) bond motifs is 1. The molecule has 1 amide bonds. The van der Waals surface area contributed by atoms with Crippen LogP contribution >= 0.6 is 0 Å².